The molecule has 0 saturated carbocycles. The molecule has 2 aromatic heterocycles. The molecule has 4 rings (SSSR count). The number of hydrazine groups is 1. The Hall–Kier alpha value is -3.72. The van der Waals surface area contributed by atoms with E-state index in [1.807, 2.05) is 30.3 Å². The van der Waals surface area contributed by atoms with Crippen LogP contribution in [-0.4, -0.2) is 32.0 Å². The molecule has 0 aliphatic rings. The van der Waals surface area contributed by atoms with E-state index in [0.717, 1.165) is 15.7 Å². The molecule has 0 atom stereocenters. The van der Waals surface area contributed by atoms with Gasteiger partial charge in [-0.25, -0.2) is 0 Å². The van der Waals surface area contributed by atoms with Crippen molar-refractivity contribution in [3.05, 3.63) is 64.9 Å². The number of furan rings is 1. The predicted molar refractivity (Wildman–Crippen MR) is 105 cm³/mol. The van der Waals surface area contributed by atoms with Crippen molar-refractivity contribution in [1.29, 1.82) is 0 Å². The minimum atomic E-state index is -0.584. The molecule has 0 spiro atoms. The summed E-state index contributed by atoms with van der Waals surface area (Å²) in [6, 6.07) is 14.3. The molecule has 2 N–H and O–H groups in total. The monoisotopic (exact) mass is 410 g/mol. The van der Waals surface area contributed by atoms with Crippen LogP contribution in [-0.2, 0) is 11.3 Å². The SMILES string of the molecule is Cc1c(C(=O)NNC(=O)Cn2nnc(-c3ccccc3)n2)oc2ccc(Cl)cc12. The van der Waals surface area contributed by atoms with Crippen LogP contribution in [0.3, 0.4) is 0 Å². The van der Waals surface area contributed by atoms with E-state index in [2.05, 4.69) is 26.3 Å². The summed E-state index contributed by atoms with van der Waals surface area (Å²) >= 11 is 5.98. The van der Waals surface area contributed by atoms with E-state index in [1.165, 1.54) is 0 Å². The number of rotatable bonds is 4. The third-order valence-electron chi connectivity index (χ3n) is 4.19. The number of nitrogens with zero attached hydrogens (tertiary/aromatic N) is 4. The smallest absolute Gasteiger partial charge is 0.305 e. The molecule has 2 heterocycles. The highest BCUT2D eigenvalue weighted by atomic mass is 35.5. The molecule has 0 aliphatic carbocycles. The number of amides is 2. The quantitative estimate of drug-likeness (QED) is 0.499. The summed E-state index contributed by atoms with van der Waals surface area (Å²) in [5.41, 5.74) is 6.57. The number of aryl methyl sites for hydroxylation is 1. The number of benzene rings is 2. The van der Waals surface area contributed by atoms with Crippen LogP contribution < -0.4 is 10.9 Å². The first kappa shape index (κ1) is 18.6. The standard InChI is InChI=1S/C19H15ClN6O3/c1-11-14-9-13(20)7-8-15(14)29-17(11)19(28)23-21-16(27)10-26-24-18(22-25-26)12-5-3-2-4-6-12/h2-9H,10H2,1H3,(H,21,27)(H,23,28). The third kappa shape index (κ3) is 3.94. The summed E-state index contributed by atoms with van der Waals surface area (Å²) in [6.45, 7) is 1.53. The van der Waals surface area contributed by atoms with Crippen LogP contribution in [0.25, 0.3) is 22.4 Å². The fraction of sp³-hybridized carbons (Fsp3) is 0.105. The Bertz CT molecular complexity index is 1200. The highest BCUT2D eigenvalue weighted by Gasteiger charge is 2.18. The van der Waals surface area contributed by atoms with Gasteiger partial charge < -0.3 is 4.42 Å². The van der Waals surface area contributed by atoms with E-state index in [-0.39, 0.29) is 12.3 Å². The molecule has 2 amide bonds. The minimum Gasteiger partial charge on any atom is -0.451 e. The highest BCUT2D eigenvalue weighted by molar-refractivity contribution is 6.31. The Morgan fingerprint density at radius 3 is 2.72 bits per heavy atom. The molecule has 10 heteroatoms. The lowest BCUT2D eigenvalue weighted by Crippen LogP contribution is -2.43. The van der Waals surface area contributed by atoms with Gasteiger partial charge in [0.15, 0.2) is 5.76 Å². The molecule has 0 radical (unpaired) electrons. The van der Waals surface area contributed by atoms with E-state index in [0.29, 0.717) is 22.0 Å². The number of fused-ring (bicyclic) bond motifs is 1. The first-order valence-electron chi connectivity index (χ1n) is 8.62. The van der Waals surface area contributed by atoms with Crippen LogP contribution in [0.4, 0.5) is 0 Å². The van der Waals surface area contributed by atoms with Crippen molar-refractivity contribution in [1.82, 2.24) is 31.1 Å². The normalized spacial score (nSPS) is 10.8. The van der Waals surface area contributed by atoms with Crippen molar-refractivity contribution in [3.8, 4) is 11.4 Å². The van der Waals surface area contributed by atoms with Gasteiger partial charge in [0, 0.05) is 21.5 Å². The number of carbonyl (C=O) groups is 2. The maximum atomic E-state index is 12.4. The maximum absolute atomic E-state index is 12.4. The van der Waals surface area contributed by atoms with Crippen molar-refractivity contribution in [3.63, 3.8) is 0 Å². The molecule has 0 aliphatic heterocycles. The van der Waals surface area contributed by atoms with E-state index < -0.39 is 11.8 Å². The second-order valence-corrected chi connectivity index (χ2v) is 6.64. The third-order valence-corrected chi connectivity index (χ3v) is 4.42. The maximum Gasteiger partial charge on any atom is 0.305 e. The summed E-state index contributed by atoms with van der Waals surface area (Å²) in [7, 11) is 0. The lowest BCUT2D eigenvalue weighted by molar-refractivity contribution is -0.122. The number of hydrogen-bond acceptors (Lipinski definition) is 6. The number of aromatic nitrogens is 4. The van der Waals surface area contributed by atoms with Gasteiger partial charge in [-0.3, -0.25) is 20.4 Å². The zero-order chi connectivity index (χ0) is 20.4. The molecule has 0 bridgehead atoms. The molecule has 146 valence electrons. The van der Waals surface area contributed by atoms with Gasteiger partial charge in [0.05, 0.1) is 0 Å². The molecule has 0 unspecified atom stereocenters. The van der Waals surface area contributed by atoms with Crippen LogP contribution in [0.5, 0.6) is 0 Å². The van der Waals surface area contributed by atoms with Crippen LogP contribution in [0, 0.1) is 6.92 Å². The summed E-state index contributed by atoms with van der Waals surface area (Å²) in [4.78, 5) is 25.6. The summed E-state index contributed by atoms with van der Waals surface area (Å²) in [5, 5.41) is 13.2. The molecule has 2 aromatic carbocycles. The van der Waals surface area contributed by atoms with Gasteiger partial charge in [0.25, 0.3) is 5.91 Å². The molecule has 9 nitrogen and oxygen atoms in total. The van der Waals surface area contributed by atoms with Crippen molar-refractivity contribution < 1.29 is 14.0 Å². The second-order valence-electron chi connectivity index (χ2n) is 6.21. The van der Waals surface area contributed by atoms with E-state index in [4.69, 9.17) is 16.0 Å². The average molecular weight is 411 g/mol. The number of halogens is 1. The van der Waals surface area contributed by atoms with Gasteiger partial charge in [-0.15, -0.1) is 10.2 Å². The fourth-order valence-corrected chi connectivity index (χ4v) is 2.95. The average Bonchev–Trinajstić information content (AvgIpc) is 3.32. The van der Waals surface area contributed by atoms with Crippen molar-refractivity contribution in [2.24, 2.45) is 0 Å². The van der Waals surface area contributed by atoms with E-state index in [1.54, 1.807) is 25.1 Å². The predicted octanol–water partition coefficient (Wildman–Crippen LogP) is 2.51. The van der Waals surface area contributed by atoms with Crippen LogP contribution in [0.1, 0.15) is 16.1 Å². The molecule has 29 heavy (non-hydrogen) atoms. The number of nitrogens with one attached hydrogen (secondary N) is 2. The zero-order valence-corrected chi connectivity index (χ0v) is 16.0. The highest BCUT2D eigenvalue weighted by Crippen LogP contribution is 2.27. The van der Waals surface area contributed by atoms with Gasteiger partial charge in [0.2, 0.25) is 5.82 Å². The Morgan fingerprint density at radius 1 is 1.14 bits per heavy atom. The Kier molecular flexibility index (Phi) is 4.96. The lowest BCUT2D eigenvalue weighted by atomic mass is 10.1. The fourth-order valence-electron chi connectivity index (χ4n) is 2.77. The van der Waals surface area contributed by atoms with Gasteiger partial charge >= 0.3 is 5.91 Å². The number of tetrazole rings is 1. The van der Waals surface area contributed by atoms with Crippen LogP contribution >= 0.6 is 11.6 Å². The Balaban J connectivity index is 1.38. The van der Waals surface area contributed by atoms with Gasteiger partial charge in [0.1, 0.15) is 12.1 Å². The van der Waals surface area contributed by atoms with Crippen molar-refractivity contribution >= 4 is 34.4 Å². The summed E-state index contributed by atoms with van der Waals surface area (Å²) in [6.07, 6.45) is 0. The molecule has 0 fully saturated rings. The Morgan fingerprint density at radius 2 is 1.93 bits per heavy atom. The van der Waals surface area contributed by atoms with E-state index >= 15 is 0 Å². The Labute approximate surface area is 169 Å². The van der Waals surface area contributed by atoms with Crippen LogP contribution in [0.2, 0.25) is 5.02 Å². The topological polar surface area (TPSA) is 115 Å². The summed E-state index contributed by atoms with van der Waals surface area (Å²) in [5.74, 6) is -0.612. The molecule has 0 saturated heterocycles. The minimum absolute atomic E-state index is 0.0906. The number of hydrogen-bond donors (Lipinski definition) is 2. The van der Waals surface area contributed by atoms with E-state index in [9.17, 15) is 9.59 Å². The van der Waals surface area contributed by atoms with Gasteiger partial charge in [-0.2, -0.15) is 4.80 Å². The second kappa shape index (κ2) is 7.72. The largest absolute Gasteiger partial charge is 0.451 e. The van der Waals surface area contributed by atoms with Gasteiger partial charge in [-0.1, -0.05) is 41.9 Å². The van der Waals surface area contributed by atoms with Crippen molar-refractivity contribution in [2.75, 3.05) is 0 Å². The zero-order valence-electron chi connectivity index (χ0n) is 15.2. The van der Waals surface area contributed by atoms with Gasteiger partial charge in [-0.05, 0) is 30.3 Å². The summed E-state index contributed by atoms with van der Waals surface area (Å²) < 4.78 is 5.56. The van der Waals surface area contributed by atoms with Crippen molar-refractivity contribution in [2.45, 2.75) is 13.5 Å². The molecular weight excluding hydrogens is 396 g/mol. The first-order chi connectivity index (χ1) is 14.0. The lowest BCUT2D eigenvalue weighted by Gasteiger charge is -2.05. The first-order valence-corrected chi connectivity index (χ1v) is 9.00. The molecular formula is C19H15ClN6O3. The molecule has 4 aromatic rings. The number of carbonyl (C=O) groups excluding carboxylic acids is 2. The van der Waals surface area contributed by atoms with Crippen LogP contribution in [0.15, 0.2) is 52.9 Å².